The predicted molar refractivity (Wildman–Crippen MR) is 87.0 cm³/mol. The molecule has 0 radical (unpaired) electrons. The summed E-state index contributed by atoms with van der Waals surface area (Å²) in [6.07, 6.45) is 9.10. The Morgan fingerprint density at radius 2 is 2.00 bits per heavy atom. The van der Waals surface area contributed by atoms with Crippen LogP contribution in [0, 0.1) is 17.3 Å². The Labute approximate surface area is 129 Å². The van der Waals surface area contributed by atoms with Gasteiger partial charge in [0.05, 0.1) is 5.60 Å². The van der Waals surface area contributed by atoms with Gasteiger partial charge in [0.2, 0.25) is 0 Å². The highest BCUT2D eigenvalue weighted by atomic mass is 16.6. The third-order valence-corrected chi connectivity index (χ3v) is 5.61. The SMILES string of the molecule is C=CC1(C)CCC(C2(C)OC2C=CC(C)=O)CC1C(=C)C. The van der Waals surface area contributed by atoms with Crippen LogP contribution in [0.25, 0.3) is 0 Å². The van der Waals surface area contributed by atoms with E-state index in [0.29, 0.717) is 11.8 Å². The van der Waals surface area contributed by atoms with Crippen LogP contribution in [0.15, 0.2) is 37.0 Å². The van der Waals surface area contributed by atoms with Crippen LogP contribution in [-0.4, -0.2) is 17.5 Å². The molecule has 116 valence electrons. The normalized spacial score (nSPS) is 42.8. The zero-order valence-corrected chi connectivity index (χ0v) is 13.8. The summed E-state index contributed by atoms with van der Waals surface area (Å²) in [5.74, 6) is 1.07. The van der Waals surface area contributed by atoms with Gasteiger partial charge in [-0.05, 0) is 69.4 Å². The van der Waals surface area contributed by atoms with E-state index in [2.05, 4.69) is 40.0 Å². The van der Waals surface area contributed by atoms with Crippen LogP contribution < -0.4 is 0 Å². The van der Waals surface area contributed by atoms with Crippen LogP contribution in [0.4, 0.5) is 0 Å². The van der Waals surface area contributed by atoms with Gasteiger partial charge in [0, 0.05) is 0 Å². The smallest absolute Gasteiger partial charge is 0.152 e. The van der Waals surface area contributed by atoms with Crippen molar-refractivity contribution in [2.75, 3.05) is 0 Å². The molecule has 0 amide bonds. The van der Waals surface area contributed by atoms with E-state index < -0.39 is 0 Å². The minimum Gasteiger partial charge on any atom is -0.362 e. The number of ketones is 1. The van der Waals surface area contributed by atoms with Crippen molar-refractivity contribution in [2.45, 2.75) is 58.7 Å². The van der Waals surface area contributed by atoms with Gasteiger partial charge in [-0.15, -0.1) is 6.58 Å². The molecule has 1 aliphatic carbocycles. The monoisotopic (exact) mass is 288 g/mol. The first-order valence-electron chi connectivity index (χ1n) is 7.88. The summed E-state index contributed by atoms with van der Waals surface area (Å²) in [6.45, 7) is 16.4. The largest absolute Gasteiger partial charge is 0.362 e. The van der Waals surface area contributed by atoms with E-state index in [-0.39, 0.29) is 22.9 Å². The lowest BCUT2D eigenvalue weighted by atomic mass is 9.60. The Bertz CT molecular complexity index is 490. The van der Waals surface area contributed by atoms with E-state index in [1.807, 2.05) is 6.08 Å². The Balaban J connectivity index is 2.09. The van der Waals surface area contributed by atoms with Crippen molar-refractivity contribution in [1.29, 1.82) is 0 Å². The van der Waals surface area contributed by atoms with E-state index in [9.17, 15) is 4.79 Å². The number of carbonyl (C=O) groups is 1. The first kappa shape index (κ1) is 16.2. The quantitative estimate of drug-likeness (QED) is 0.424. The molecule has 1 aliphatic heterocycles. The molecule has 5 unspecified atom stereocenters. The second kappa shape index (κ2) is 5.57. The summed E-state index contributed by atoms with van der Waals surface area (Å²) in [7, 11) is 0. The lowest BCUT2D eigenvalue weighted by Crippen LogP contribution is -2.38. The molecular formula is C19H28O2. The van der Waals surface area contributed by atoms with Crippen molar-refractivity contribution in [3.8, 4) is 0 Å². The molecule has 2 heteroatoms. The lowest BCUT2D eigenvalue weighted by molar-refractivity contribution is -0.112. The fraction of sp³-hybridized carbons (Fsp3) is 0.632. The van der Waals surface area contributed by atoms with Crippen molar-refractivity contribution in [3.05, 3.63) is 37.0 Å². The Kier molecular flexibility index (Phi) is 4.30. The molecule has 0 aromatic carbocycles. The topological polar surface area (TPSA) is 29.6 Å². The third kappa shape index (κ3) is 3.06. The van der Waals surface area contributed by atoms with Gasteiger partial charge in [-0.3, -0.25) is 4.79 Å². The summed E-state index contributed by atoms with van der Waals surface area (Å²) < 4.78 is 5.93. The molecule has 2 aliphatic rings. The first-order valence-corrected chi connectivity index (χ1v) is 7.88. The molecule has 21 heavy (non-hydrogen) atoms. The number of hydrogen-bond donors (Lipinski definition) is 0. The molecule has 1 heterocycles. The molecular weight excluding hydrogens is 260 g/mol. The minimum atomic E-state index is -0.109. The van der Waals surface area contributed by atoms with Crippen molar-refractivity contribution in [3.63, 3.8) is 0 Å². The maximum atomic E-state index is 11.1. The Morgan fingerprint density at radius 3 is 2.52 bits per heavy atom. The van der Waals surface area contributed by atoms with Crippen LogP contribution in [0.2, 0.25) is 0 Å². The van der Waals surface area contributed by atoms with Gasteiger partial charge in [0.15, 0.2) is 5.78 Å². The third-order valence-electron chi connectivity index (χ3n) is 5.61. The van der Waals surface area contributed by atoms with Gasteiger partial charge in [0.25, 0.3) is 0 Å². The van der Waals surface area contributed by atoms with Crippen molar-refractivity contribution in [1.82, 2.24) is 0 Å². The number of hydrogen-bond acceptors (Lipinski definition) is 2. The highest BCUT2D eigenvalue weighted by molar-refractivity contribution is 5.87. The van der Waals surface area contributed by atoms with E-state index in [4.69, 9.17) is 4.74 Å². The summed E-state index contributed by atoms with van der Waals surface area (Å²) in [6, 6.07) is 0. The summed E-state index contributed by atoms with van der Waals surface area (Å²) in [4.78, 5) is 11.1. The first-order chi connectivity index (χ1) is 9.73. The standard InChI is InChI=1S/C19H28O2/c1-7-18(5)11-10-15(12-16(18)13(2)3)19(6)17(21-19)9-8-14(4)20/h7-9,15-17H,1-2,10-12H2,3-6H3. The molecule has 5 atom stereocenters. The molecule has 0 bridgehead atoms. The van der Waals surface area contributed by atoms with Gasteiger partial charge in [-0.2, -0.15) is 0 Å². The van der Waals surface area contributed by atoms with Crippen LogP contribution in [0.5, 0.6) is 0 Å². The summed E-state index contributed by atoms with van der Waals surface area (Å²) >= 11 is 0. The van der Waals surface area contributed by atoms with E-state index in [1.165, 1.54) is 5.57 Å². The summed E-state index contributed by atoms with van der Waals surface area (Å²) in [5, 5.41) is 0. The van der Waals surface area contributed by atoms with Gasteiger partial charge in [-0.1, -0.05) is 25.2 Å². The van der Waals surface area contributed by atoms with Crippen LogP contribution in [0.3, 0.4) is 0 Å². The van der Waals surface area contributed by atoms with E-state index >= 15 is 0 Å². The highest BCUT2D eigenvalue weighted by Gasteiger charge is 2.58. The predicted octanol–water partition coefficient (Wildman–Crippen LogP) is 4.47. The van der Waals surface area contributed by atoms with Crippen LogP contribution >= 0.6 is 0 Å². The minimum absolute atomic E-state index is 0.0792. The van der Waals surface area contributed by atoms with Gasteiger partial charge >= 0.3 is 0 Å². The molecule has 2 nitrogen and oxygen atoms in total. The van der Waals surface area contributed by atoms with Crippen molar-refractivity contribution >= 4 is 5.78 Å². The van der Waals surface area contributed by atoms with E-state index in [0.717, 1.165) is 19.3 Å². The molecule has 0 aromatic heterocycles. The fourth-order valence-electron chi connectivity index (χ4n) is 3.88. The molecule has 1 saturated carbocycles. The number of epoxide rings is 1. The summed E-state index contributed by atoms with van der Waals surface area (Å²) in [5.41, 5.74) is 1.28. The molecule has 0 aromatic rings. The Morgan fingerprint density at radius 1 is 1.33 bits per heavy atom. The molecule has 0 spiro atoms. The molecule has 2 fully saturated rings. The number of allylic oxidation sites excluding steroid dienone is 3. The average Bonchev–Trinajstić information content (AvgIpc) is 3.08. The second-order valence-corrected chi connectivity index (χ2v) is 7.27. The van der Waals surface area contributed by atoms with E-state index in [1.54, 1.807) is 13.0 Å². The fourth-order valence-corrected chi connectivity index (χ4v) is 3.88. The second-order valence-electron chi connectivity index (χ2n) is 7.27. The zero-order chi connectivity index (χ0) is 15.8. The zero-order valence-electron chi connectivity index (χ0n) is 13.8. The van der Waals surface area contributed by atoms with Gasteiger partial charge in [-0.25, -0.2) is 0 Å². The maximum Gasteiger partial charge on any atom is 0.152 e. The molecule has 0 N–H and O–H groups in total. The molecule has 2 rings (SSSR count). The maximum absolute atomic E-state index is 11.1. The van der Waals surface area contributed by atoms with Crippen LogP contribution in [-0.2, 0) is 9.53 Å². The number of carbonyl (C=O) groups excluding carboxylic acids is 1. The van der Waals surface area contributed by atoms with Gasteiger partial charge in [0.1, 0.15) is 6.10 Å². The number of rotatable bonds is 5. The van der Waals surface area contributed by atoms with Gasteiger partial charge < -0.3 is 4.74 Å². The van der Waals surface area contributed by atoms with Crippen molar-refractivity contribution < 1.29 is 9.53 Å². The van der Waals surface area contributed by atoms with Crippen LogP contribution in [0.1, 0.15) is 47.0 Å². The average molecular weight is 288 g/mol. The Hall–Kier alpha value is -1.15. The lowest BCUT2D eigenvalue weighted by Gasteiger charge is -2.44. The molecule has 1 saturated heterocycles. The number of ether oxygens (including phenoxy) is 1. The van der Waals surface area contributed by atoms with Crippen molar-refractivity contribution in [2.24, 2.45) is 17.3 Å². The highest BCUT2D eigenvalue weighted by Crippen LogP contribution is 2.55.